The van der Waals surface area contributed by atoms with E-state index in [4.69, 9.17) is 5.26 Å². The number of nitriles is 1. The summed E-state index contributed by atoms with van der Waals surface area (Å²) in [6, 6.07) is 7.48. The molecule has 0 aromatic heterocycles. The van der Waals surface area contributed by atoms with Crippen molar-refractivity contribution < 1.29 is 14.4 Å². The Morgan fingerprint density at radius 3 is 2.90 bits per heavy atom. The highest BCUT2D eigenvalue weighted by Crippen LogP contribution is 2.15. The third-order valence-corrected chi connectivity index (χ3v) is 3.14. The van der Waals surface area contributed by atoms with Gasteiger partial charge in [-0.05, 0) is 24.6 Å². The quantitative estimate of drug-likeness (QED) is 0.790. The first-order chi connectivity index (χ1) is 9.56. The maximum atomic E-state index is 12.4. The Morgan fingerprint density at radius 2 is 2.25 bits per heavy atom. The van der Waals surface area contributed by atoms with E-state index in [0.29, 0.717) is 17.5 Å². The van der Waals surface area contributed by atoms with E-state index >= 15 is 0 Å². The summed E-state index contributed by atoms with van der Waals surface area (Å²) in [5, 5.41) is 11.1. The van der Waals surface area contributed by atoms with Crippen molar-refractivity contribution >= 4 is 17.7 Å². The van der Waals surface area contributed by atoms with E-state index < -0.39 is 23.8 Å². The number of benzene rings is 1. The first-order valence-corrected chi connectivity index (χ1v) is 6.21. The highest BCUT2D eigenvalue weighted by molar-refractivity contribution is 6.07. The second-order valence-electron chi connectivity index (χ2n) is 4.46. The largest absolute Gasteiger partial charge is 0.317 e. The fourth-order valence-corrected chi connectivity index (χ4v) is 2.17. The Kier molecular flexibility index (Phi) is 3.80. The summed E-state index contributed by atoms with van der Waals surface area (Å²) < 4.78 is 0. The van der Waals surface area contributed by atoms with Crippen molar-refractivity contribution in [2.75, 3.05) is 6.54 Å². The minimum atomic E-state index is -0.661. The van der Waals surface area contributed by atoms with Gasteiger partial charge in [0.25, 0.3) is 5.91 Å². The zero-order valence-electron chi connectivity index (χ0n) is 10.9. The van der Waals surface area contributed by atoms with Crippen LogP contribution in [-0.2, 0) is 9.59 Å². The van der Waals surface area contributed by atoms with Gasteiger partial charge in [-0.15, -0.1) is 0 Å². The summed E-state index contributed by atoms with van der Waals surface area (Å²) in [6.07, 6.45) is 0.419. The Hall–Kier alpha value is -2.68. The molecular formula is C14H13N3O3. The zero-order chi connectivity index (χ0) is 14.7. The highest BCUT2D eigenvalue weighted by atomic mass is 16.2. The number of hydrogen-bond acceptors (Lipinski definition) is 4. The summed E-state index contributed by atoms with van der Waals surface area (Å²) >= 11 is 0. The van der Waals surface area contributed by atoms with Crippen molar-refractivity contribution in [2.24, 2.45) is 0 Å². The van der Waals surface area contributed by atoms with Crippen LogP contribution in [0.1, 0.15) is 29.3 Å². The van der Waals surface area contributed by atoms with Gasteiger partial charge in [0.15, 0.2) is 0 Å². The molecule has 102 valence electrons. The van der Waals surface area contributed by atoms with E-state index in [2.05, 4.69) is 5.32 Å². The second-order valence-corrected chi connectivity index (χ2v) is 4.46. The van der Waals surface area contributed by atoms with Crippen LogP contribution in [0.25, 0.3) is 0 Å². The smallest absolute Gasteiger partial charge is 0.255 e. The molecule has 1 fully saturated rings. The van der Waals surface area contributed by atoms with Gasteiger partial charge >= 0.3 is 0 Å². The fourth-order valence-electron chi connectivity index (χ4n) is 2.17. The number of piperazine rings is 1. The van der Waals surface area contributed by atoms with E-state index in [1.54, 1.807) is 25.1 Å². The molecular weight excluding hydrogens is 258 g/mol. The molecule has 3 amide bonds. The molecule has 1 unspecified atom stereocenters. The lowest BCUT2D eigenvalue weighted by Crippen LogP contribution is -2.59. The van der Waals surface area contributed by atoms with Gasteiger partial charge in [-0.1, -0.05) is 13.0 Å². The molecule has 1 aromatic carbocycles. The first-order valence-electron chi connectivity index (χ1n) is 6.21. The standard InChI is InChI=1S/C14H13N3O3/c1-2-11-13(19)16-12(18)8-17(11)14(20)10-5-3-4-9(6-10)7-15/h3-6,11H,2,8H2,1H3,(H,16,18,19). The van der Waals surface area contributed by atoms with Gasteiger partial charge in [-0.3, -0.25) is 19.7 Å². The fraction of sp³-hybridized carbons (Fsp3) is 0.286. The number of nitrogens with one attached hydrogen (secondary N) is 1. The molecule has 0 radical (unpaired) electrons. The van der Waals surface area contributed by atoms with Crippen LogP contribution in [0, 0.1) is 11.3 Å². The highest BCUT2D eigenvalue weighted by Gasteiger charge is 2.35. The van der Waals surface area contributed by atoms with Gasteiger partial charge in [-0.25, -0.2) is 0 Å². The van der Waals surface area contributed by atoms with Crippen molar-refractivity contribution in [3.8, 4) is 6.07 Å². The summed E-state index contributed by atoms with van der Waals surface area (Å²) in [5.74, 6) is -1.38. The van der Waals surface area contributed by atoms with Crippen molar-refractivity contribution in [1.82, 2.24) is 10.2 Å². The summed E-state index contributed by atoms with van der Waals surface area (Å²) in [7, 11) is 0. The van der Waals surface area contributed by atoms with E-state index in [9.17, 15) is 14.4 Å². The maximum Gasteiger partial charge on any atom is 0.255 e. The molecule has 2 rings (SSSR count). The SMILES string of the molecule is CCC1C(=O)NC(=O)CN1C(=O)c1cccc(C#N)c1. The van der Waals surface area contributed by atoms with Crippen molar-refractivity contribution in [3.63, 3.8) is 0 Å². The van der Waals surface area contributed by atoms with Gasteiger partial charge in [0.05, 0.1) is 11.6 Å². The molecule has 0 aliphatic carbocycles. The Labute approximate surface area is 116 Å². The number of rotatable bonds is 2. The van der Waals surface area contributed by atoms with Crippen LogP contribution in [0.5, 0.6) is 0 Å². The third-order valence-electron chi connectivity index (χ3n) is 3.14. The lowest BCUT2D eigenvalue weighted by Gasteiger charge is -2.33. The maximum absolute atomic E-state index is 12.4. The number of nitrogens with zero attached hydrogens (tertiary/aromatic N) is 2. The average Bonchev–Trinajstić information content (AvgIpc) is 2.45. The molecule has 1 N–H and O–H groups in total. The predicted octanol–water partition coefficient (Wildman–Crippen LogP) is 0.435. The van der Waals surface area contributed by atoms with Crippen LogP contribution in [0.2, 0.25) is 0 Å². The topological polar surface area (TPSA) is 90.3 Å². The van der Waals surface area contributed by atoms with Crippen molar-refractivity contribution in [2.45, 2.75) is 19.4 Å². The summed E-state index contributed by atoms with van der Waals surface area (Å²) in [6.45, 7) is 1.62. The third kappa shape index (κ3) is 2.52. The minimum Gasteiger partial charge on any atom is -0.317 e. The normalized spacial score (nSPS) is 18.4. The first kappa shape index (κ1) is 13.7. The molecule has 6 nitrogen and oxygen atoms in total. The Morgan fingerprint density at radius 1 is 1.50 bits per heavy atom. The van der Waals surface area contributed by atoms with Gasteiger partial charge in [0.1, 0.15) is 12.6 Å². The molecule has 0 bridgehead atoms. The molecule has 20 heavy (non-hydrogen) atoms. The number of hydrogen-bond donors (Lipinski definition) is 1. The molecule has 1 saturated heterocycles. The molecule has 6 heteroatoms. The van der Waals surface area contributed by atoms with Crippen molar-refractivity contribution in [3.05, 3.63) is 35.4 Å². The average molecular weight is 271 g/mol. The van der Waals surface area contributed by atoms with Crippen LogP contribution >= 0.6 is 0 Å². The van der Waals surface area contributed by atoms with Crippen LogP contribution in [-0.4, -0.2) is 35.2 Å². The lowest BCUT2D eigenvalue weighted by molar-refractivity contribution is -0.138. The van der Waals surface area contributed by atoms with Gasteiger partial charge < -0.3 is 4.90 Å². The van der Waals surface area contributed by atoms with Crippen molar-refractivity contribution in [1.29, 1.82) is 5.26 Å². The molecule has 1 heterocycles. The second kappa shape index (κ2) is 5.53. The molecule has 1 aliphatic heterocycles. The van der Waals surface area contributed by atoms with E-state index in [1.807, 2.05) is 6.07 Å². The molecule has 0 saturated carbocycles. The molecule has 1 aromatic rings. The minimum absolute atomic E-state index is 0.153. The van der Waals surface area contributed by atoms with Crippen LogP contribution in [0.4, 0.5) is 0 Å². The summed E-state index contributed by atoms with van der Waals surface area (Å²) in [5.41, 5.74) is 0.654. The summed E-state index contributed by atoms with van der Waals surface area (Å²) in [4.78, 5) is 36.8. The van der Waals surface area contributed by atoms with Gasteiger partial charge in [-0.2, -0.15) is 5.26 Å². The number of carbonyl (C=O) groups is 3. The van der Waals surface area contributed by atoms with Crippen LogP contribution in [0.3, 0.4) is 0 Å². The molecule has 1 aliphatic rings. The monoisotopic (exact) mass is 271 g/mol. The van der Waals surface area contributed by atoms with E-state index in [1.165, 1.54) is 11.0 Å². The van der Waals surface area contributed by atoms with Gasteiger partial charge in [0.2, 0.25) is 11.8 Å². The molecule has 0 spiro atoms. The lowest BCUT2D eigenvalue weighted by atomic mass is 10.1. The van der Waals surface area contributed by atoms with Crippen LogP contribution in [0.15, 0.2) is 24.3 Å². The number of imide groups is 1. The van der Waals surface area contributed by atoms with Gasteiger partial charge in [0, 0.05) is 5.56 Å². The Bertz CT molecular complexity index is 618. The molecule has 1 atom stereocenters. The number of amides is 3. The Balaban J connectivity index is 2.32. The zero-order valence-corrected chi connectivity index (χ0v) is 10.9. The predicted molar refractivity (Wildman–Crippen MR) is 69.4 cm³/mol. The van der Waals surface area contributed by atoms with E-state index in [-0.39, 0.29) is 6.54 Å². The van der Waals surface area contributed by atoms with Crippen LogP contribution < -0.4 is 5.32 Å². The number of carbonyl (C=O) groups excluding carboxylic acids is 3. The van der Waals surface area contributed by atoms with E-state index in [0.717, 1.165) is 0 Å².